The number of hydrogen-bond acceptors (Lipinski definition) is 2. The highest BCUT2D eigenvalue weighted by Gasteiger charge is 2.27. The van der Waals surface area contributed by atoms with E-state index in [4.69, 9.17) is 11.6 Å². The van der Waals surface area contributed by atoms with Gasteiger partial charge in [-0.25, -0.2) is 0 Å². The lowest BCUT2D eigenvalue weighted by molar-refractivity contribution is 0.0248. The number of likely N-dealkylation sites (tertiary alicyclic amines) is 1. The summed E-state index contributed by atoms with van der Waals surface area (Å²) in [6.07, 6.45) is 0.417. The van der Waals surface area contributed by atoms with Crippen LogP contribution < -0.4 is 0 Å². The minimum Gasteiger partial charge on any atom is -0.391 e. The summed E-state index contributed by atoms with van der Waals surface area (Å²) in [5, 5.41) is 10.3. The fourth-order valence-corrected chi connectivity index (χ4v) is 2.23. The third-order valence-corrected chi connectivity index (χ3v) is 3.51. The second-order valence-electron chi connectivity index (χ2n) is 4.59. The zero-order valence-corrected chi connectivity index (χ0v) is 10.5. The highest BCUT2D eigenvalue weighted by atomic mass is 35.5. The van der Waals surface area contributed by atoms with Crippen molar-refractivity contribution < 1.29 is 9.90 Å². The molecule has 1 fully saturated rings. The Morgan fingerprint density at radius 1 is 1.53 bits per heavy atom. The van der Waals surface area contributed by atoms with E-state index in [1.165, 1.54) is 0 Å². The Hall–Kier alpha value is -1.06. The summed E-state index contributed by atoms with van der Waals surface area (Å²) in [4.78, 5) is 13.9. The van der Waals surface area contributed by atoms with Gasteiger partial charge in [0.1, 0.15) is 0 Å². The molecule has 3 nitrogen and oxygen atoms in total. The zero-order valence-electron chi connectivity index (χ0n) is 9.77. The molecule has 1 aliphatic rings. The van der Waals surface area contributed by atoms with Gasteiger partial charge in [0, 0.05) is 23.7 Å². The number of aliphatic hydroxyl groups is 1. The second kappa shape index (κ2) is 5.07. The molecule has 4 heteroatoms. The molecule has 0 bridgehead atoms. The molecule has 0 aromatic heterocycles. The van der Waals surface area contributed by atoms with E-state index >= 15 is 0 Å². The van der Waals surface area contributed by atoms with Gasteiger partial charge in [0.2, 0.25) is 0 Å². The Kier molecular flexibility index (Phi) is 3.69. The van der Waals surface area contributed by atoms with Gasteiger partial charge < -0.3 is 10.0 Å². The smallest absolute Gasteiger partial charge is 0.253 e. The summed E-state index contributed by atoms with van der Waals surface area (Å²) in [7, 11) is 0. The number of rotatable bonds is 1. The van der Waals surface area contributed by atoms with Crippen molar-refractivity contribution in [1.29, 1.82) is 0 Å². The van der Waals surface area contributed by atoms with Gasteiger partial charge in [0.25, 0.3) is 5.91 Å². The van der Waals surface area contributed by atoms with Crippen molar-refractivity contribution in [2.75, 3.05) is 13.1 Å². The maximum atomic E-state index is 12.2. The van der Waals surface area contributed by atoms with Gasteiger partial charge in [-0.3, -0.25) is 4.79 Å². The van der Waals surface area contributed by atoms with E-state index in [9.17, 15) is 9.90 Å². The molecule has 0 saturated carbocycles. The summed E-state index contributed by atoms with van der Waals surface area (Å²) < 4.78 is 0. The molecular formula is C13H16ClNO2. The molecule has 1 aliphatic heterocycles. The molecule has 92 valence electrons. The van der Waals surface area contributed by atoms with E-state index in [0.717, 1.165) is 6.42 Å². The van der Waals surface area contributed by atoms with Crippen LogP contribution in [0.1, 0.15) is 23.7 Å². The molecule has 17 heavy (non-hydrogen) atoms. The summed E-state index contributed by atoms with van der Waals surface area (Å²) in [6, 6.07) is 6.91. The summed E-state index contributed by atoms with van der Waals surface area (Å²) >= 11 is 5.86. The van der Waals surface area contributed by atoms with Crippen LogP contribution in [0.3, 0.4) is 0 Å². The Morgan fingerprint density at radius 3 is 2.94 bits per heavy atom. The predicted octanol–water partition coefficient (Wildman–Crippen LogP) is 2.18. The lowest BCUT2D eigenvalue weighted by atomic mass is 9.95. The first-order chi connectivity index (χ1) is 8.08. The molecule has 2 rings (SSSR count). The standard InChI is InChI=1S/C13H16ClNO2/c1-9-5-6-15(8-12(9)16)13(17)10-3-2-4-11(14)7-10/h2-4,7,9,12,16H,5-6,8H2,1H3. The van der Waals surface area contributed by atoms with Crippen molar-refractivity contribution >= 4 is 17.5 Å². The van der Waals surface area contributed by atoms with E-state index < -0.39 is 6.10 Å². The van der Waals surface area contributed by atoms with Crippen LogP contribution in [0.25, 0.3) is 0 Å². The highest BCUT2D eigenvalue weighted by Crippen LogP contribution is 2.20. The number of β-amino-alcohol motifs (C(OH)–C–C–N with tert-alkyl or cyclic N) is 1. The van der Waals surface area contributed by atoms with Crippen LogP contribution in [0.5, 0.6) is 0 Å². The summed E-state index contributed by atoms with van der Waals surface area (Å²) in [5.74, 6) is 0.205. The van der Waals surface area contributed by atoms with Gasteiger partial charge in [-0.15, -0.1) is 0 Å². The molecule has 2 unspecified atom stereocenters. The lowest BCUT2D eigenvalue weighted by Gasteiger charge is -2.34. The fourth-order valence-electron chi connectivity index (χ4n) is 2.04. The molecule has 2 atom stereocenters. The third kappa shape index (κ3) is 2.79. The van der Waals surface area contributed by atoms with E-state index in [1.807, 2.05) is 6.92 Å². The van der Waals surface area contributed by atoms with E-state index in [0.29, 0.717) is 23.7 Å². The van der Waals surface area contributed by atoms with E-state index in [1.54, 1.807) is 29.2 Å². The molecule has 0 aliphatic carbocycles. The van der Waals surface area contributed by atoms with E-state index in [2.05, 4.69) is 0 Å². The van der Waals surface area contributed by atoms with Crippen molar-refractivity contribution in [3.05, 3.63) is 34.9 Å². The first-order valence-corrected chi connectivity index (χ1v) is 6.18. The Bertz CT molecular complexity index is 422. The van der Waals surface area contributed by atoms with Crippen LogP contribution >= 0.6 is 11.6 Å². The van der Waals surface area contributed by atoms with Gasteiger partial charge in [-0.05, 0) is 30.5 Å². The summed E-state index contributed by atoms with van der Waals surface area (Å²) in [5.41, 5.74) is 0.583. The quantitative estimate of drug-likeness (QED) is 0.834. The maximum Gasteiger partial charge on any atom is 0.253 e. The molecule has 0 radical (unpaired) electrons. The van der Waals surface area contributed by atoms with E-state index in [-0.39, 0.29) is 11.8 Å². The third-order valence-electron chi connectivity index (χ3n) is 3.28. The lowest BCUT2D eigenvalue weighted by Crippen LogP contribution is -2.45. The SMILES string of the molecule is CC1CCN(C(=O)c2cccc(Cl)c2)CC1O. The first-order valence-electron chi connectivity index (χ1n) is 5.81. The number of piperidine rings is 1. The van der Waals surface area contributed by atoms with Crippen LogP contribution in [0.4, 0.5) is 0 Å². The average Bonchev–Trinajstić information content (AvgIpc) is 2.32. The minimum absolute atomic E-state index is 0.0570. The second-order valence-corrected chi connectivity index (χ2v) is 5.03. The largest absolute Gasteiger partial charge is 0.391 e. The molecule has 1 aromatic carbocycles. The van der Waals surface area contributed by atoms with Crippen LogP contribution in [0, 0.1) is 5.92 Å². The maximum absolute atomic E-state index is 12.2. The van der Waals surface area contributed by atoms with Crippen molar-refractivity contribution in [3.63, 3.8) is 0 Å². The van der Waals surface area contributed by atoms with Crippen molar-refractivity contribution in [2.24, 2.45) is 5.92 Å². The number of carbonyl (C=O) groups excluding carboxylic acids is 1. The molecule has 1 heterocycles. The Labute approximate surface area is 106 Å². The fraction of sp³-hybridized carbons (Fsp3) is 0.462. The number of hydrogen-bond donors (Lipinski definition) is 1. The summed E-state index contributed by atoms with van der Waals surface area (Å²) in [6.45, 7) is 3.11. The first kappa shape index (κ1) is 12.4. The monoisotopic (exact) mass is 253 g/mol. The zero-order chi connectivity index (χ0) is 12.4. The van der Waals surface area contributed by atoms with Gasteiger partial charge in [0.15, 0.2) is 0 Å². The predicted molar refractivity (Wildman–Crippen MR) is 67.1 cm³/mol. The van der Waals surface area contributed by atoms with Gasteiger partial charge in [0.05, 0.1) is 6.10 Å². The highest BCUT2D eigenvalue weighted by molar-refractivity contribution is 6.30. The van der Waals surface area contributed by atoms with Crippen LogP contribution in [-0.2, 0) is 0 Å². The number of aliphatic hydroxyl groups excluding tert-OH is 1. The van der Waals surface area contributed by atoms with Crippen LogP contribution in [0.2, 0.25) is 5.02 Å². The van der Waals surface area contributed by atoms with Crippen LogP contribution in [0.15, 0.2) is 24.3 Å². The van der Waals surface area contributed by atoms with Crippen molar-refractivity contribution in [1.82, 2.24) is 4.90 Å². The Balaban J connectivity index is 2.10. The van der Waals surface area contributed by atoms with Crippen molar-refractivity contribution in [2.45, 2.75) is 19.4 Å². The van der Waals surface area contributed by atoms with Gasteiger partial charge in [-0.2, -0.15) is 0 Å². The van der Waals surface area contributed by atoms with Crippen molar-refractivity contribution in [3.8, 4) is 0 Å². The number of amides is 1. The van der Waals surface area contributed by atoms with Gasteiger partial charge >= 0.3 is 0 Å². The molecule has 1 aromatic rings. The van der Waals surface area contributed by atoms with Gasteiger partial charge in [-0.1, -0.05) is 24.6 Å². The average molecular weight is 254 g/mol. The molecule has 1 N–H and O–H groups in total. The number of carbonyl (C=O) groups is 1. The molecule has 1 saturated heterocycles. The number of nitrogens with zero attached hydrogens (tertiary/aromatic N) is 1. The number of benzene rings is 1. The topological polar surface area (TPSA) is 40.5 Å². The normalized spacial score (nSPS) is 24.8. The Morgan fingerprint density at radius 2 is 2.29 bits per heavy atom. The van der Waals surface area contributed by atoms with Crippen LogP contribution in [-0.4, -0.2) is 35.1 Å². The molecule has 1 amide bonds. The number of halogens is 1. The minimum atomic E-state index is -0.424. The molecular weight excluding hydrogens is 238 g/mol. The molecule has 0 spiro atoms.